The van der Waals surface area contributed by atoms with Crippen molar-refractivity contribution in [2.24, 2.45) is 0 Å². The highest BCUT2D eigenvalue weighted by molar-refractivity contribution is 5.74. The van der Waals surface area contributed by atoms with Crippen LogP contribution in [0.15, 0.2) is 24.3 Å². The van der Waals surface area contributed by atoms with Crippen LogP contribution in [-0.4, -0.2) is 43.5 Å². The molecular weight excluding hydrogens is 266 g/mol. The lowest BCUT2D eigenvalue weighted by atomic mass is 10.3. The Morgan fingerprint density at radius 3 is 2.55 bits per heavy atom. The molecule has 1 rings (SSSR count). The lowest BCUT2D eigenvalue weighted by molar-refractivity contribution is -0.150. The number of rotatable bonds is 6. The SMILES string of the molecule is COC(=O)NCCOC(=O)[C@@H](C)Oc1ccc(O)cc1. The van der Waals surface area contributed by atoms with Gasteiger partial charge >= 0.3 is 12.1 Å². The summed E-state index contributed by atoms with van der Waals surface area (Å²) in [6.07, 6.45) is -1.38. The number of phenols is 1. The number of carbonyl (C=O) groups is 2. The van der Waals surface area contributed by atoms with Crippen LogP contribution in [0, 0.1) is 0 Å². The van der Waals surface area contributed by atoms with E-state index < -0.39 is 18.2 Å². The fourth-order valence-electron chi connectivity index (χ4n) is 1.27. The van der Waals surface area contributed by atoms with Crippen LogP contribution in [0.3, 0.4) is 0 Å². The quantitative estimate of drug-likeness (QED) is 0.599. The third kappa shape index (κ3) is 5.47. The first kappa shape index (κ1) is 15.6. The van der Waals surface area contributed by atoms with Gasteiger partial charge in [0.1, 0.15) is 18.1 Å². The molecule has 1 amide bonds. The van der Waals surface area contributed by atoms with Gasteiger partial charge < -0.3 is 24.6 Å². The van der Waals surface area contributed by atoms with Crippen LogP contribution in [0.4, 0.5) is 4.79 Å². The number of hydrogen-bond acceptors (Lipinski definition) is 6. The fourth-order valence-corrected chi connectivity index (χ4v) is 1.27. The number of carbonyl (C=O) groups excluding carboxylic acids is 2. The van der Waals surface area contributed by atoms with Crippen molar-refractivity contribution in [1.82, 2.24) is 5.32 Å². The molecule has 0 spiro atoms. The summed E-state index contributed by atoms with van der Waals surface area (Å²) in [6, 6.07) is 5.98. The standard InChI is InChI=1S/C13H17NO6/c1-9(20-11-5-3-10(15)4-6-11)12(16)19-8-7-14-13(17)18-2/h3-6,9,15H,7-8H2,1-2H3,(H,14,17)/t9-/m1/s1. The molecule has 1 aromatic rings. The molecule has 0 heterocycles. The Kier molecular flexibility index (Phi) is 6.15. The molecule has 7 nitrogen and oxygen atoms in total. The summed E-state index contributed by atoms with van der Waals surface area (Å²) in [5.74, 6) is 0.00569. The first-order valence-electron chi connectivity index (χ1n) is 5.97. The first-order chi connectivity index (χ1) is 9.52. The Bertz CT molecular complexity index is 445. The van der Waals surface area contributed by atoms with Crippen molar-refractivity contribution in [3.05, 3.63) is 24.3 Å². The van der Waals surface area contributed by atoms with Gasteiger partial charge in [0, 0.05) is 0 Å². The van der Waals surface area contributed by atoms with Crippen molar-refractivity contribution in [2.75, 3.05) is 20.3 Å². The van der Waals surface area contributed by atoms with Crippen molar-refractivity contribution in [1.29, 1.82) is 0 Å². The lowest BCUT2D eigenvalue weighted by Gasteiger charge is -2.14. The van der Waals surface area contributed by atoms with Gasteiger partial charge in [-0.25, -0.2) is 9.59 Å². The largest absolute Gasteiger partial charge is 0.508 e. The van der Waals surface area contributed by atoms with E-state index in [1.165, 1.54) is 31.4 Å². The second kappa shape index (κ2) is 7.88. The number of benzene rings is 1. The molecule has 0 radical (unpaired) electrons. The molecule has 7 heteroatoms. The molecule has 0 bridgehead atoms. The van der Waals surface area contributed by atoms with Crippen LogP contribution in [0.5, 0.6) is 11.5 Å². The Morgan fingerprint density at radius 2 is 1.95 bits per heavy atom. The Balaban J connectivity index is 2.28. The molecule has 110 valence electrons. The van der Waals surface area contributed by atoms with E-state index in [0.717, 1.165) is 0 Å². The number of aromatic hydroxyl groups is 1. The minimum absolute atomic E-state index is 0.0250. The van der Waals surface area contributed by atoms with Crippen LogP contribution in [0.2, 0.25) is 0 Å². The van der Waals surface area contributed by atoms with Gasteiger partial charge in [0.15, 0.2) is 6.10 Å². The maximum absolute atomic E-state index is 11.6. The molecule has 0 saturated heterocycles. The number of phenolic OH excluding ortho intramolecular Hbond substituents is 1. The van der Waals surface area contributed by atoms with Gasteiger partial charge in [-0.3, -0.25) is 0 Å². The van der Waals surface area contributed by atoms with E-state index in [1.54, 1.807) is 6.92 Å². The van der Waals surface area contributed by atoms with Gasteiger partial charge in [-0.2, -0.15) is 0 Å². The Hall–Kier alpha value is -2.44. The highest BCUT2D eigenvalue weighted by Crippen LogP contribution is 2.17. The van der Waals surface area contributed by atoms with Crippen LogP contribution >= 0.6 is 0 Å². The second-order valence-corrected chi connectivity index (χ2v) is 3.84. The average molecular weight is 283 g/mol. The maximum atomic E-state index is 11.6. The van der Waals surface area contributed by atoms with E-state index in [0.29, 0.717) is 5.75 Å². The number of alkyl carbamates (subject to hydrolysis) is 1. The molecule has 2 N–H and O–H groups in total. The summed E-state index contributed by atoms with van der Waals surface area (Å²) in [7, 11) is 1.24. The maximum Gasteiger partial charge on any atom is 0.406 e. The van der Waals surface area contributed by atoms with Crippen molar-refractivity contribution in [3.8, 4) is 11.5 Å². The number of nitrogens with one attached hydrogen (secondary N) is 1. The predicted molar refractivity (Wildman–Crippen MR) is 69.6 cm³/mol. The molecule has 0 unspecified atom stereocenters. The monoisotopic (exact) mass is 283 g/mol. The zero-order valence-electron chi connectivity index (χ0n) is 11.3. The fraction of sp³-hybridized carbons (Fsp3) is 0.385. The number of ether oxygens (including phenoxy) is 3. The van der Waals surface area contributed by atoms with Crippen LogP contribution in [-0.2, 0) is 14.3 Å². The summed E-state index contributed by atoms with van der Waals surface area (Å²) in [4.78, 5) is 22.3. The molecular formula is C13H17NO6. The van der Waals surface area contributed by atoms with Gasteiger partial charge in [0.2, 0.25) is 0 Å². The second-order valence-electron chi connectivity index (χ2n) is 3.84. The van der Waals surface area contributed by atoms with E-state index in [4.69, 9.17) is 14.6 Å². The van der Waals surface area contributed by atoms with Crippen molar-refractivity contribution < 1.29 is 28.9 Å². The van der Waals surface area contributed by atoms with Crippen LogP contribution in [0.25, 0.3) is 0 Å². The Labute approximate surface area is 116 Å². The van der Waals surface area contributed by atoms with Crippen LogP contribution in [0.1, 0.15) is 6.92 Å². The predicted octanol–water partition coefficient (Wildman–Crippen LogP) is 1.06. The van der Waals surface area contributed by atoms with E-state index >= 15 is 0 Å². The summed E-state index contributed by atoms with van der Waals surface area (Å²) in [5.41, 5.74) is 0. The number of amides is 1. The highest BCUT2D eigenvalue weighted by Gasteiger charge is 2.16. The van der Waals surface area contributed by atoms with Crippen LogP contribution < -0.4 is 10.1 Å². The lowest BCUT2D eigenvalue weighted by Crippen LogP contribution is -2.31. The third-order valence-corrected chi connectivity index (χ3v) is 2.28. The number of esters is 1. The zero-order valence-corrected chi connectivity index (χ0v) is 11.3. The first-order valence-corrected chi connectivity index (χ1v) is 5.97. The molecule has 20 heavy (non-hydrogen) atoms. The smallest absolute Gasteiger partial charge is 0.406 e. The van der Waals surface area contributed by atoms with E-state index in [-0.39, 0.29) is 18.9 Å². The van der Waals surface area contributed by atoms with Gasteiger partial charge in [-0.15, -0.1) is 0 Å². The van der Waals surface area contributed by atoms with E-state index in [9.17, 15) is 9.59 Å². The van der Waals surface area contributed by atoms with Crippen molar-refractivity contribution >= 4 is 12.1 Å². The summed E-state index contributed by atoms with van der Waals surface area (Å²) in [5, 5.41) is 11.5. The van der Waals surface area contributed by atoms with E-state index in [1.807, 2.05) is 0 Å². The molecule has 1 atom stereocenters. The number of methoxy groups -OCH3 is 1. The minimum Gasteiger partial charge on any atom is -0.508 e. The van der Waals surface area contributed by atoms with Gasteiger partial charge in [0.25, 0.3) is 0 Å². The van der Waals surface area contributed by atoms with Gasteiger partial charge in [0.05, 0.1) is 13.7 Å². The molecule has 0 saturated carbocycles. The molecule has 0 aromatic heterocycles. The normalized spacial score (nSPS) is 11.3. The van der Waals surface area contributed by atoms with Gasteiger partial charge in [-0.1, -0.05) is 0 Å². The highest BCUT2D eigenvalue weighted by atomic mass is 16.6. The molecule has 0 aliphatic rings. The molecule has 0 aliphatic carbocycles. The molecule has 1 aromatic carbocycles. The van der Waals surface area contributed by atoms with E-state index in [2.05, 4.69) is 10.1 Å². The summed E-state index contributed by atoms with van der Waals surface area (Å²) in [6.45, 7) is 1.73. The molecule has 0 fully saturated rings. The van der Waals surface area contributed by atoms with Crippen molar-refractivity contribution in [3.63, 3.8) is 0 Å². The number of hydrogen-bond donors (Lipinski definition) is 2. The summed E-state index contributed by atoms with van der Waals surface area (Å²) >= 11 is 0. The zero-order chi connectivity index (χ0) is 15.0. The topological polar surface area (TPSA) is 94.1 Å². The molecule has 0 aliphatic heterocycles. The van der Waals surface area contributed by atoms with Crippen molar-refractivity contribution in [2.45, 2.75) is 13.0 Å². The third-order valence-electron chi connectivity index (χ3n) is 2.28. The minimum atomic E-state index is -0.794. The average Bonchev–Trinajstić information content (AvgIpc) is 2.45. The summed E-state index contributed by atoms with van der Waals surface area (Å²) < 4.78 is 14.6. The van der Waals surface area contributed by atoms with Gasteiger partial charge in [-0.05, 0) is 31.2 Å². The Morgan fingerprint density at radius 1 is 1.30 bits per heavy atom.